The molecule has 1 aromatic heterocycles. The van der Waals surface area contributed by atoms with Gasteiger partial charge in [-0.1, -0.05) is 23.9 Å². The molecule has 9 heteroatoms. The quantitative estimate of drug-likeness (QED) is 0.455. The van der Waals surface area contributed by atoms with E-state index >= 15 is 0 Å². The predicted molar refractivity (Wildman–Crippen MR) is 84.2 cm³/mol. The van der Waals surface area contributed by atoms with Crippen molar-refractivity contribution in [2.75, 3.05) is 6.61 Å². The number of nitro benzene ring substituents is 1. The lowest BCUT2D eigenvalue weighted by Crippen LogP contribution is -2.17. The summed E-state index contributed by atoms with van der Waals surface area (Å²) in [5.74, 6) is 0. The number of hydrogen-bond donors (Lipinski definition) is 0. The highest BCUT2D eigenvalue weighted by molar-refractivity contribution is 7.99. The maximum atomic E-state index is 10.9. The Kier molecular flexibility index (Phi) is 4.87. The molecule has 0 radical (unpaired) electrons. The Labute approximate surface area is 137 Å². The van der Waals surface area contributed by atoms with Gasteiger partial charge in [0.2, 0.25) is 5.16 Å². The molecule has 2 atom stereocenters. The summed E-state index contributed by atoms with van der Waals surface area (Å²) < 4.78 is 7.36. The highest BCUT2D eigenvalue weighted by atomic mass is 32.2. The lowest BCUT2D eigenvalue weighted by Gasteiger charge is -2.13. The maximum Gasteiger partial charge on any atom is 0.269 e. The van der Waals surface area contributed by atoms with E-state index in [0.717, 1.165) is 25.0 Å². The van der Waals surface area contributed by atoms with E-state index in [-0.39, 0.29) is 22.0 Å². The normalized spacial score (nSPS) is 18.9. The maximum absolute atomic E-state index is 10.9. The third-order valence-corrected chi connectivity index (χ3v) is 4.86. The van der Waals surface area contributed by atoms with Gasteiger partial charge in [-0.2, -0.15) is 0 Å². The second-order valence-corrected chi connectivity index (χ2v) is 6.70. The molecule has 0 aliphatic carbocycles. The molecule has 23 heavy (non-hydrogen) atoms. The number of rotatable bonds is 6. The van der Waals surface area contributed by atoms with Crippen LogP contribution in [0.1, 0.15) is 30.6 Å². The van der Waals surface area contributed by atoms with Crippen LogP contribution >= 0.6 is 11.8 Å². The number of aromatic nitrogens is 4. The molecule has 0 N–H and O–H groups in total. The number of ether oxygens (including phenoxy) is 1. The van der Waals surface area contributed by atoms with Crippen LogP contribution in [0.3, 0.4) is 0 Å². The van der Waals surface area contributed by atoms with Crippen molar-refractivity contribution in [1.29, 1.82) is 0 Å². The minimum Gasteiger partial charge on any atom is -0.376 e. The van der Waals surface area contributed by atoms with E-state index in [1.54, 1.807) is 16.8 Å². The highest BCUT2D eigenvalue weighted by Gasteiger charge is 2.21. The van der Waals surface area contributed by atoms with Crippen LogP contribution in [0, 0.1) is 10.1 Å². The van der Waals surface area contributed by atoms with E-state index in [1.165, 1.54) is 17.8 Å². The Morgan fingerprint density at radius 2 is 2.43 bits per heavy atom. The van der Waals surface area contributed by atoms with Gasteiger partial charge in [0, 0.05) is 24.0 Å². The second-order valence-electron chi connectivity index (χ2n) is 5.39. The van der Waals surface area contributed by atoms with Gasteiger partial charge in [-0.15, -0.1) is 5.10 Å². The molecule has 1 aliphatic heterocycles. The second kappa shape index (κ2) is 7.05. The van der Waals surface area contributed by atoms with Crippen molar-refractivity contribution in [2.45, 2.75) is 42.8 Å². The molecule has 2 heterocycles. The average molecular weight is 335 g/mol. The number of non-ortho nitro benzene ring substituents is 1. The highest BCUT2D eigenvalue weighted by Crippen LogP contribution is 2.34. The van der Waals surface area contributed by atoms with Crippen LogP contribution in [0.2, 0.25) is 0 Å². The average Bonchev–Trinajstić information content (AvgIpc) is 3.20. The van der Waals surface area contributed by atoms with Gasteiger partial charge in [0.05, 0.1) is 17.6 Å². The summed E-state index contributed by atoms with van der Waals surface area (Å²) >= 11 is 1.48. The fraction of sp³-hybridized carbons (Fsp3) is 0.500. The molecule has 0 bridgehead atoms. The van der Waals surface area contributed by atoms with Crippen LogP contribution in [-0.2, 0) is 11.3 Å². The summed E-state index contributed by atoms with van der Waals surface area (Å²) in [6.07, 6.45) is 2.25. The molecule has 1 aromatic carbocycles. The summed E-state index contributed by atoms with van der Waals surface area (Å²) in [6, 6.07) is 6.65. The van der Waals surface area contributed by atoms with Crippen LogP contribution in [0.5, 0.6) is 0 Å². The monoisotopic (exact) mass is 335 g/mol. The number of nitro groups is 1. The van der Waals surface area contributed by atoms with Crippen LogP contribution in [-0.4, -0.2) is 37.8 Å². The first-order chi connectivity index (χ1) is 11.1. The molecule has 0 unspecified atom stereocenters. The van der Waals surface area contributed by atoms with E-state index in [1.807, 2.05) is 13.0 Å². The molecule has 8 nitrogen and oxygen atoms in total. The Morgan fingerprint density at radius 1 is 1.57 bits per heavy atom. The number of hydrogen-bond acceptors (Lipinski definition) is 7. The zero-order valence-electron chi connectivity index (χ0n) is 12.7. The minimum absolute atomic E-state index is 0.00384. The van der Waals surface area contributed by atoms with Gasteiger partial charge in [-0.3, -0.25) is 10.1 Å². The first-order valence-corrected chi connectivity index (χ1v) is 8.30. The van der Waals surface area contributed by atoms with Crippen molar-refractivity contribution in [3.05, 3.63) is 39.9 Å². The minimum atomic E-state index is -0.387. The summed E-state index contributed by atoms with van der Waals surface area (Å²) in [5, 5.41) is 23.4. The molecule has 1 fully saturated rings. The van der Waals surface area contributed by atoms with Crippen molar-refractivity contribution >= 4 is 17.4 Å². The Bertz CT molecular complexity index is 687. The zero-order valence-corrected chi connectivity index (χ0v) is 13.5. The van der Waals surface area contributed by atoms with E-state index in [2.05, 4.69) is 15.5 Å². The molecule has 0 amide bonds. The van der Waals surface area contributed by atoms with E-state index < -0.39 is 0 Å². The predicted octanol–water partition coefficient (Wildman–Crippen LogP) is 2.61. The Morgan fingerprint density at radius 3 is 3.17 bits per heavy atom. The van der Waals surface area contributed by atoms with Crippen LogP contribution in [0.15, 0.2) is 29.4 Å². The van der Waals surface area contributed by atoms with Crippen molar-refractivity contribution < 1.29 is 9.66 Å². The van der Waals surface area contributed by atoms with Crippen molar-refractivity contribution in [3.8, 4) is 0 Å². The summed E-state index contributed by atoms with van der Waals surface area (Å²) in [4.78, 5) is 10.5. The van der Waals surface area contributed by atoms with Crippen molar-refractivity contribution in [3.63, 3.8) is 0 Å². The molecule has 0 saturated carbocycles. The largest absolute Gasteiger partial charge is 0.376 e. The lowest BCUT2D eigenvalue weighted by molar-refractivity contribution is -0.384. The van der Waals surface area contributed by atoms with Crippen molar-refractivity contribution in [2.24, 2.45) is 0 Å². The molecular formula is C14H17N5O3S. The van der Waals surface area contributed by atoms with Gasteiger partial charge in [0.15, 0.2) is 0 Å². The van der Waals surface area contributed by atoms with Gasteiger partial charge in [-0.25, -0.2) is 4.68 Å². The summed E-state index contributed by atoms with van der Waals surface area (Å²) in [6.45, 7) is 3.41. The first-order valence-electron chi connectivity index (χ1n) is 7.42. The van der Waals surface area contributed by atoms with Gasteiger partial charge in [0.25, 0.3) is 5.69 Å². The molecule has 0 spiro atoms. The number of thioether (sulfide) groups is 1. The molecule has 122 valence electrons. The molecule has 2 aromatic rings. The van der Waals surface area contributed by atoms with Crippen LogP contribution < -0.4 is 0 Å². The van der Waals surface area contributed by atoms with E-state index in [9.17, 15) is 10.1 Å². The topological polar surface area (TPSA) is 96.0 Å². The van der Waals surface area contributed by atoms with Gasteiger partial charge in [0.1, 0.15) is 0 Å². The van der Waals surface area contributed by atoms with Crippen molar-refractivity contribution in [1.82, 2.24) is 20.2 Å². The Hall–Kier alpha value is -2.00. The lowest BCUT2D eigenvalue weighted by atomic mass is 10.1. The zero-order chi connectivity index (χ0) is 16.2. The van der Waals surface area contributed by atoms with Gasteiger partial charge < -0.3 is 4.74 Å². The van der Waals surface area contributed by atoms with E-state index in [4.69, 9.17) is 4.74 Å². The standard InChI is InChI=1S/C14H17N5O3S/c1-10(11-4-2-5-12(8-11)19(20)21)23-14-15-16-17-18(14)9-13-6-3-7-22-13/h2,4-5,8,10,13H,3,6-7,9H2,1H3/t10-,13+/m1/s1. The third-order valence-electron chi connectivity index (χ3n) is 3.73. The summed E-state index contributed by atoms with van der Waals surface area (Å²) in [5.41, 5.74) is 0.963. The number of benzene rings is 1. The number of tetrazole rings is 1. The summed E-state index contributed by atoms with van der Waals surface area (Å²) in [7, 11) is 0. The SMILES string of the molecule is C[C@@H](Sc1nnnn1C[C@@H]1CCCO1)c1cccc([N+](=O)[O-])c1. The van der Waals surface area contributed by atoms with Gasteiger partial charge >= 0.3 is 0 Å². The van der Waals surface area contributed by atoms with Gasteiger partial charge in [-0.05, 0) is 35.8 Å². The third kappa shape index (κ3) is 3.85. The Balaban J connectivity index is 1.70. The van der Waals surface area contributed by atoms with E-state index in [0.29, 0.717) is 11.7 Å². The molecular weight excluding hydrogens is 318 g/mol. The first kappa shape index (κ1) is 15.9. The number of nitrogens with zero attached hydrogens (tertiary/aromatic N) is 5. The van der Waals surface area contributed by atoms with Crippen LogP contribution in [0.25, 0.3) is 0 Å². The molecule has 1 saturated heterocycles. The molecule has 3 rings (SSSR count). The smallest absolute Gasteiger partial charge is 0.269 e. The fourth-order valence-corrected chi connectivity index (χ4v) is 3.41. The molecule has 1 aliphatic rings. The van der Waals surface area contributed by atoms with Crippen LogP contribution in [0.4, 0.5) is 5.69 Å². The fourth-order valence-electron chi connectivity index (χ4n) is 2.49.